The predicted octanol–water partition coefficient (Wildman–Crippen LogP) is 2.97. The van der Waals surface area contributed by atoms with Crippen LogP contribution in [0.2, 0.25) is 0 Å². The molecular formula is C12H11F3N2O. The second kappa shape index (κ2) is 3.71. The third-order valence-corrected chi connectivity index (χ3v) is 3.09. The minimum Gasteiger partial charge on any atom is -0.369 e. The average molecular weight is 256 g/mol. The molecule has 0 fully saturated rings. The SMILES string of the molecule is CC1Cn2c(nc3cc(C(F)(F)F)ccc32)CO1. The van der Waals surface area contributed by atoms with Gasteiger partial charge in [0.15, 0.2) is 0 Å². The van der Waals surface area contributed by atoms with E-state index in [1.54, 1.807) is 0 Å². The van der Waals surface area contributed by atoms with Crippen LogP contribution in [0.1, 0.15) is 18.3 Å². The molecule has 18 heavy (non-hydrogen) atoms. The van der Waals surface area contributed by atoms with E-state index in [1.807, 2.05) is 11.5 Å². The Morgan fingerprint density at radius 1 is 1.39 bits per heavy atom. The minimum absolute atomic E-state index is 0.0530. The first-order valence-electron chi connectivity index (χ1n) is 5.63. The molecule has 0 N–H and O–H groups in total. The molecule has 0 bridgehead atoms. The van der Waals surface area contributed by atoms with Crippen LogP contribution in [-0.2, 0) is 24.1 Å². The molecule has 96 valence electrons. The molecule has 1 atom stereocenters. The topological polar surface area (TPSA) is 27.1 Å². The summed E-state index contributed by atoms with van der Waals surface area (Å²) < 4.78 is 45.2. The fourth-order valence-corrected chi connectivity index (χ4v) is 2.20. The maximum Gasteiger partial charge on any atom is 0.416 e. The molecule has 1 aromatic carbocycles. The van der Waals surface area contributed by atoms with E-state index in [2.05, 4.69) is 4.98 Å². The van der Waals surface area contributed by atoms with Crippen LogP contribution in [0, 0.1) is 0 Å². The molecule has 0 radical (unpaired) electrons. The van der Waals surface area contributed by atoms with E-state index in [1.165, 1.54) is 6.07 Å². The largest absolute Gasteiger partial charge is 0.416 e. The van der Waals surface area contributed by atoms with Gasteiger partial charge in [-0.05, 0) is 25.1 Å². The fourth-order valence-electron chi connectivity index (χ4n) is 2.20. The number of halogens is 3. The van der Waals surface area contributed by atoms with Crippen molar-refractivity contribution in [2.24, 2.45) is 0 Å². The van der Waals surface area contributed by atoms with E-state index < -0.39 is 11.7 Å². The third kappa shape index (κ3) is 1.77. The first-order valence-corrected chi connectivity index (χ1v) is 5.63. The van der Waals surface area contributed by atoms with Gasteiger partial charge in [0.05, 0.1) is 29.2 Å². The lowest BCUT2D eigenvalue weighted by Crippen LogP contribution is -2.24. The van der Waals surface area contributed by atoms with Gasteiger partial charge in [-0.25, -0.2) is 4.98 Å². The third-order valence-electron chi connectivity index (χ3n) is 3.09. The van der Waals surface area contributed by atoms with Gasteiger partial charge < -0.3 is 9.30 Å². The Morgan fingerprint density at radius 2 is 2.17 bits per heavy atom. The van der Waals surface area contributed by atoms with Crippen molar-refractivity contribution in [2.45, 2.75) is 32.4 Å². The lowest BCUT2D eigenvalue weighted by molar-refractivity contribution is -0.137. The molecular weight excluding hydrogens is 245 g/mol. The van der Waals surface area contributed by atoms with Crippen molar-refractivity contribution >= 4 is 11.0 Å². The van der Waals surface area contributed by atoms with E-state index in [9.17, 15) is 13.2 Å². The predicted molar refractivity (Wildman–Crippen MR) is 59.0 cm³/mol. The van der Waals surface area contributed by atoms with E-state index in [0.717, 1.165) is 17.6 Å². The number of nitrogens with zero attached hydrogens (tertiary/aromatic N) is 2. The van der Waals surface area contributed by atoms with E-state index >= 15 is 0 Å². The van der Waals surface area contributed by atoms with Gasteiger partial charge in [0.1, 0.15) is 12.4 Å². The van der Waals surface area contributed by atoms with Crippen LogP contribution in [-0.4, -0.2) is 15.7 Å². The van der Waals surface area contributed by atoms with Gasteiger partial charge in [-0.15, -0.1) is 0 Å². The first-order chi connectivity index (χ1) is 8.45. The summed E-state index contributed by atoms with van der Waals surface area (Å²) >= 11 is 0. The summed E-state index contributed by atoms with van der Waals surface area (Å²) in [5.74, 6) is 0.683. The molecule has 1 aliphatic rings. The molecule has 0 aliphatic carbocycles. The lowest BCUT2D eigenvalue weighted by atomic mass is 10.2. The Hall–Kier alpha value is -1.56. The van der Waals surface area contributed by atoms with Crippen molar-refractivity contribution < 1.29 is 17.9 Å². The second-order valence-electron chi connectivity index (χ2n) is 4.46. The summed E-state index contributed by atoms with van der Waals surface area (Å²) in [5.41, 5.74) is 0.435. The number of aromatic nitrogens is 2. The van der Waals surface area contributed by atoms with Gasteiger partial charge in [-0.3, -0.25) is 0 Å². The summed E-state index contributed by atoms with van der Waals surface area (Å²) in [6.07, 6.45) is -4.28. The average Bonchev–Trinajstić information content (AvgIpc) is 2.65. The Kier molecular flexibility index (Phi) is 2.38. The van der Waals surface area contributed by atoms with Crippen LogP contribution in [0.3, 0.4) is 0 Å². The van der Waals surface area contributed by atoms with Gasteiger partial charge in [0, 0.05) is 0 Å². The van der Waals surface area contributed by atoms with E-state index in [-0.39, 0.29) is 6.10 Å². The van der Waals surface area contributed by atoms with E-state index in [0.29, 0.717) is 24.5 Å². The number of fused-ring (bicyclic) bond motifs is 3. The highest BCUT2D eigenvalue weighted by molar-refractivity contribution is 5.77. The van der Waals surface area contributed by atoms with Gasteiger partial charge in [-0.2, -0.15) is 13.2 Å². The zero-order chi connectivity index (χ0) is 12.9. The van der Waals surface area contributed by atoms with Crippen LogP contribution < -0.4 is 0 Å². The molecule has 2 aromatic rings. The van der Waals surface area contributed by atoms with Gasteiger partial charge >= 0.3 is 6.18 Å². The summed E-state index contributed by atoms with van der Waals surface area (Å²) in [6, 6.07) is 3.66. The molecule has 2 heterocycles. The van der Waals surface area contributed by atoms with Gasteiger partial charge in [-0.1, -0.05) is 0 Å². The van der Waals surface area contributed by atoms with Crippen LogP contribution >= 0.6 is 0 Å². The molecule has 0 amide bonds. The number of rotatable bonds is 0. The molecule has 1 aromatic heterocycles. The molecule has 3 rings (SSSR count). The quantitative estimate of drug-likeness (QED) is 0.724. The van der Waals surface area contributed by atoms with Gasteiger partial charge in [0.25, 0.3) is 0 Å². The van der Waals surface area contributed by atoms with Crippen molar-refractivity contribution in [3.8, 4) is 0 Å². The monoisotopic (exact) mass is 256 g/mol. The zero-order valence-electron chi connectivity index (χ0n) is 9.66. The van der Waals surface area contributed by atoms with Gasteiger partial charge in [0.2, 0.25) is 0 Å². The number of hydrogen-bond donors (Lipinski definition) is 0. The number of hydrogen-bond acceptors (Lipinski definition) is 2. The summed E-state index contributed by atoms with van der Waals surface area (Å²) in [4.78, 5) is 4.20. The standard InChI is InChI=1S/C12H11F3N2O/c1-7-5-17-10-3-2-8(12(13,14)15)4-9(10)16-11(17)6-18-7/h2-4,7H,5-6H2,1H3. The number of alkyl halides is 3. The Morgan fingerprint density at radius 3 is 2.89 bits per heavy atom. The highest BCUT2D eigenvalue weighted by Crippen LogP contribution is 2.32. The Labute approximate surface area is 101 Å². The van der Waals surface area contributed by atoms with Crippen molar-refractivity contribution in [2.75, 3.05) is 0 Å². The smallest absolute Gasteiger partial charge is 0.369 e. The maximum atomic E-state index is 12.6. The lowest BCUT2D eigenvalue weighted by Gasteiger charge is -2.21. The molecule has 3 nitrogen and oxygen atoms in total. The van der Waals surface area contributed by atoms with Crippen LogP contribution in [0.15, 0.2) is 18.2 Å². The zero-order valence-corrected chi connectivity index (χ0v) is 9.66. The number of benzene rings is 1. The molecule has 6 heteroatoms. The highest BCUT2D eigenvalue weighted by Gasteiger charge is 2.31. The summed E-state index contributed by atoms with van der Waals surface area (Å²) in [5, 5.41) is 0. The Balaban J connectivity index is 2.15. The summed E-state index contributed by atoms with van der Waals surface area (Å²) in [6.45, 7) is 2.90. The minimum atomic E-state index is -4.33. The fraction of sp³-hybridized carbons (Fsp3) is 0.417. The van der Waals surface area contributed by atoms with Crippen LogP contribution in [0.25, 0.3) is 11.0 Å². The summed E-state index contributed by atoms with van der Waals surface area (Å²) in [7, 11) is 0. The van der Waals surface area contributed by atoms with Crippen LogP contribution in [0.5, 0.6) is 0 Å². The van der Waals surface area contributed by atoms with Crippen molar-refractivity contribution in [3.05, 3.63) is 29.6 Å². The van der Waals surface area contributed by atoms with Crippen molar-refractivity contribution in [1.82, 2.24) is 9.55 Å². The van der Waals surface area contributed by atoms with Crippen molar-refractivity contribution in [1.29, 1.82) is 0 Å². The molecule has 1 unspecified atom stereocenters. The van der Waals surface area contributed by atoms with E-state index in [4.69, 9.17) is 4.74 Å². The highest BCUT2D eigenvalue weighted by atomic mass is 19.4. The number of imidazole rings is 1. The maximum absolute atomic E-state index is 12.6. The Bertz CT molecular complexity index is 603. The van der Waals surface area contributed by atoms with Crippen LogP contribution in [0.4, 0.5) is 13.2 Å². The normalized spacial score (nSPS) is 20.1. The molecule has 1 aliphatic heterocycles. The first kappa shape index (κ1) is 11.5. The molecule has 0 saturated carbocycles. The molecule has 0 saturated heterocycles. The van der Waals surface area contributed by atoms with Crippen molar-refractivity contribution in [3.63, 3.8) is 0 Å². The number of ether oxygens (including phenoxy) is 1. The second-order valence-corrected chi connectivity index (χ2v) is 4.46. The molecule has 0 spiro atoms.